The zero-order valence-corrected chi connectivity index (χ0v) is 19.2. The summed E-state index contributed by atoms with van der Waals surface area (Å²) in [6.45, 7) is 2.63. The van der Waals surface area contributed by atoms with Gasteiger partial charge in [0.1, 0.15) is 18.3 Å². The average Bonchev–Trinajstić information content (AvgIpc) is 2.88. The van der Waals surface area contributed by atoms with Crippen molar-refractivity contribution in [2.24, 2.45) is 0 Å². The lowest BCUT2D eigenvalue weighted by Crippen LogP contribution is -2.60. The Morgan fingerprint density at radius 3 is 2.00 bits per heavy atom. The SMILES string of the molecule is C[C@@H]1OC(COCc2ccccc2)[C@@H](OC(=O)c2ccccc2)[C@@H](OCc2ccccc2)C1O. The Labute approximate surface area is 200 Å². The molecule has 0 spiro atoms. The summed E-state index contributed by atoms with van der Waals surface area (Å²) in [7, 11) is 0. The molecule has 6 nitrogen and oxygen atoms in total. The first-order valence-corrected chi connectivity index (χ1v) is 11.5. The fraction of sp³-hybridized carbons (Fsp3) is 0.321. The van der Waals surface area contributed by atoms with E-state index in [4.69, 9.17) is 18.9 Å². The summed E-state index contributed by atoms with van der Waals surface area (Å²) in [5, 5.41) is 10.9. The molecule has 6 heteroatoms. The van der Waals surface area contributed by atoms with Crippen LogP contribution in [0.25, 0.3) is 0 Å². The van der Waals surface area contributed by atoms with Crippen molar-refractivity contribution in [3.05, 3.63) is 108 Å². The minimum Gasteiger partial charge on any atom is -0.453 e. The maximum absolute atomic E-state index is 12.9. The van der Waals surface area contributed by atoms with Gasteiger partial charge in [-0.25, -0.2) is 4.79 Å². The molecule has 3 aromatic rings. The summed E-state index contributed by atoms with van der Waals surface area (Å²) in [6.07, 6.45) is -3.71. The molecule has 1 saturated heterocycles. The number of carbonyl (C=O) groups excluding carboxylic acids is 1. The molecule has 4 rings (SSSR count). The van der Waals surface area contributed by atoms with Gasteiger partial charge in [-0.1, -0.05) is 78.9 Å². The van der Waals surface area contributed by atoms with Crippen molar-refractivity contribution < 1.29 is 28.8 Å². The maximum Gasteiger partial charge on any atom is 0.338 e. The molecule has 0 bridgehead atoms. The minimum absolute atomic E-state index is 0.184. The molecule has 1 N–H and O–H groups in total. The van der Waals surface area contributed by atoms with E-state index in [-0.39, 0.29) is 13.2 Å². The minimum atomic E-state index is -0.970. The van der Waals surface area contributed by atoms with Gasteiger partial charge in [0.25, 0.3) is 0 Å². The first-order chi connectivity index (χ1) is 16.6. The Morgan fingerprint density at radius 1 is 0.824 bits per heavy atom. The molecule has 34 heavy (non-hydrogen) atoms. The number of ether oxygens (including phenoxy) is 4. The molecule has 1 aliphatic rings. The molecule has 1 heterocycles. The predicted octanol–water partition coefficient (Wildman–Crippen LogP) is 4.16. The Balaban J connectivity index is 1.50. The number of aliphatic hydroxyl groups excluding tert-OH is 1. The predicted molar refractivity (Wildman–Crippen MR) is 127 cm³/mol. The third-order valence-electron chi connectivity index (χ3n) is 5.83. The second-order valence-corrected chi connectivity index (χ2v) is 8.37. The van der Waals surface area contributed by atoms with E-state index in [0.29, 0.717) is 12.2 Å². The van der Waals surface area contributed by atoms with Gasteiger partial charge in [-0.15, -0.1) is 0 Å². The number of rotatable bonds is 9. The van der Waals surface area contributed by atoms with Crippen LogP contribution in [0.3, 0.4) is 0 Å². The highest BCUT2D eigenvalue weighted by Crippen LogP contribution is 2.28. The van der Waals surface area contributed by atoms with Crippen LogP contribution in [-0.4, -0.2) is 48.2 Å². The van der Waals surface area contributed by atoms with Gasteiger partial charge in [0, 0.05) is 0 Å². The van der Waals surface area contributed by atoms with E-state index in [1.54, 1.807) is 31.2 Å². The number of hydrogen-bond acceptors (Lipinski definition) is 6. The van der Waals surface area contributed by atoms with Crippen LogP contribution in [-0.2, 0) is 32.2 Å². The topological polar surface area (TPSA) is 74.2 Å². The van der Waals surface area contributed by atoms with Crippen molar-refractivity contribution in [1.82, 2.24) is 0 Å². The zero-order chi connectivity index (χ0) is 23.8. The van der Waals surface area contributed by atoms with Gasteiger partial charge in [-0.2, -0.15) is 0 Å². The summed E-state index contributed by atoms with van der Waals surface area (Å²) >= 11 is 0. The molecule has 178 valence electrons. The molecule has 1 fully saturated rings. The van der Waals surface area contributed by atoms with Crippen molar-refractivity contribution in [2.45, 2.75) is 50.7 Å². The van der Waals surface area contributed by atoms with Gasteiger partial charge in [0.2, 0.25) is 0 Å². The highest BCUT2D eigenvalue weighted by atomic mass is 16.6. The first-order valence-electron chi connectivity index (χ1n) is 11.5. The van der Waals surface area contributed by atoms with Crippen LogP contribution in [0.5, 0.6) is 0 Å². The van der Waals surface area contributed by atoms with Crippen LogP contribution in [0.15, 0.2) is 91.0 Å². The molecular weight excluding hydrogens is 432 g/mol. The van der Waals surface area contributed by atoms with Crippen molar-refractivity contribution in [1.29, 1.82) is 0 Å². The number of esters is 1. The standard InChI is InChI=1S/C28H30O6/c1-20-25(29)27(32-18-22-13-7-3-8-14-22)26(34-28(30)23-15-9-4-10-16-23)24(33-20)19-31-17-21-11-5-2-6-12-21/h2-16,20,24-27,29H,17-19H2,1H3/t20-,24?,25?,26+,27-/m0/s1. The second-order valence-electron chi connectivity index (χ2n) is 8.37. The smallest absolute Gasteiger partial charge is 0.338 e. The monoisotopic (exact) mass is 462 g/mol. The molecule has 5 atom stereocenters. The van der Waals surface area contributed by atoms with Crippen LogP contribution in [0.1, 0.15) is 28.4 Å². The number of benzene rings is 3. The maximum atomic E-state index is 12.9. The van der Waals surface area contributed by atoms with Crippen LogP contribution >= 0.6 is 0 Å². The highest BCUT2D eigenvalue weighted by Gasteiger charge is 2.47. The van der Waals surface area contributed by atoms with Crippen LogP contribution < -0.4 is 0 Å². The van der Waals surface area contributed by atoms with E-state index >= 15 is 0 Å². The molecular formula is C28H30O6. The fourth-order valence-electron chi connectivity index (χ4n) is 3.98. The third kappa shape index (κ3) is 6.30. The summed E-state index contributed by atoms with van der Waals surface area (Å²) < 4.78 is 24.0. The lowest BCUT2D eigenvalue weighted by molar-refractivity contribution is -0.243. The van der Waals surface area contributed by atoms with E-state index < -0.39 is 36.5 Å². The van der Waals surface area contributed by atoms with Gasteiger partial charge < -0.3 is 24.1 Å². The Kier molecular flexibility index (Phi) is 8.44. The quantitative estimate of drug-likeness (QED) is 0.482. The summed E-state index contributed by atoms with van der Waals surface area (Å²) in [5.74, 6) is -0.502. The van der Waals surface area contributed by atoms with E-state index in [1.807, 2.05) is 66.7 Å². The van der Waals surface area contributed by atoms with Crippen LogP contribution in [0, 0.1) is 0 Å². The van der Waals surface area contributed by atoms with Crippen LogP contribution in [0.2, 0.25) is 0 Å². The largest absolute Gasteiger partial charge is 0.453 e. The van der Waals surface area contributed by atoms with Gasteiger partial charge >= 0.3 is 5.97 Å². The van der Waals surface area contributed by atoms with Crippen molar-refractivity contribution in [3.63, 3.8) is 0 Å². The van der Waals surface area contributed by atoms with Crippen molar-refractivity contribution in [3.8, 4) is 0 Å². The molecule has 1 aliphatic heterocycles. The van der Waals surface area contributed by atoms with Gasteiger partial charge in [-0.3, -0.25) is 0 Å². The van der Waals surface area contributed by atoms with Crippen LogP contribution in [0.4, 0.5) is 0 Å². The average molecular weight is 463 g/mol. The normalized spacial score (nSPS) is 24.5. The van der Waals surface area contributed by atoms with E-state index in [1.165, 1.54) is 0 Å². The van der Waals surface area contributed by atoms with Gasteiger partial charge in [-0.05, 0) is 30.2 Å². The lowest BCUT2D eigenvalue weighted by Gasteiger charge is -2.43. The lowest BCUT2D eigenvalue weighted by atomic mass is 9.95. The Hall–Kier alpha value is -3.03. The molecule has 0 aromatic heterocycles. The zero-order valence-electron chi connectivity index (χ0n) is 19.2. The number of aliphatic hydroxyl groups is 1. The van der Waals surface area contributed by atoms with Crippen molar-refractivity contribution in [2.75, 3.05) is 6.61 Å². The van der Waals surface area contributed by atoms with Gasteiger partial charge in [0.05, 0.1) is 31.5 Å². The summed E-state index contributed by atoms with van der Waals surface area (Å²) in [5.41, 5.74) is 2.40. The second kappa shape index (κ2) is 11.9. The van der Waals surface area contributed by atoms with E-state index in [2.05, 4.69) is 0 Å². The van der Waals surface area contributed by atoms with Crippen molar-refractivity contribution >= 4 is 5.97 Å². The molecule has 0 amide bonds. The summed E-state index contributed by atoms with van der Waals surface area (Å²) in [4.78, 5) is 12.9. The highest BCUT2D eigenvalue weighted by molar-refractivity contribution is 5.89. The number of carbonyl (C=O) groups is 1. The molecule has 3 aromatic carbocycles. The molecule has 2 unspecified atom stereocenters. The van der Waals surface area contributed by atoms with Gasteiger partial charge in [0.15, 0.2) is 6.10 Å². The molecule has 0 saturated carbocycles. The molecule has 0 radical (unpaired) electrons. The first kappa shape index (κ1) is 24.1. The number of hydrogen-bond donors (Lipinski definition) is 1. The Bertz CT molecular complexity index is 1010. The fourth-order valence-corrected chi connectivity index (χ4v) is 3.98. The van der Waals surface area contributed by atoms with E-state index in [9.17, 15) is 9.90 Å². The third-order valence-corrected chi connectivity index (χ3v) is 5.83. The summed E-state index contributed by atoms with van der Waals surface area (Å²) in [6, 6.07) is 28.2. The Morgan fingerprint density at radius 2 is 1.38 bits per heavy atom. The molecule has 0 aliphatic carbocycles. The van der Waals surface area contributed by atoms with E-state index in [0.717, 1.165) is 11.1 Å².